The molecule has 0 aliphatic carbocycles. The van der Waals surface area contributed by atoms with Crippen molar-refractivity contribution in [3.8, 4) is 16.9 Å². The van der Waals surface area contributed by atoms with Crippen LogP contribution in [0.5, 0.6) is 5.75 Å². The largest absolute Gasteiger partial charge is 0.497 e. The molecule has 0 radical (unpaired) electrons. The van der Waals surface area contributed by atoms with Crippen LogP contribution in [0.15, 0.2) is 72.9 Å². The number of nitrogens with zero attached hydrogens (tertiary/aromatic N) is 4. The molecule has 33 heavy (non-hydrogen) atoms. The molecular formula is C27H31N5O. The molecule has 1 aromatic heterocycles. The van der Waals surface area contributed by atoms with Crippen molar-refractivity contribution in [1.29, 1.82) is 0 Å². The Bertz CT molecular complexity index is 1220. The third-order valence-corrected chi connectivity index (χ3v) is 6.22. The first-order chi connectivity index (χ1) is 16.2. The number of benzene rings is 3. The molecule has 6 nitrogen and oxygen atoms in total. The van der Waals surface area contributed by atoms with Crippen LogP contribution in [0.3, 0.4) is 0 Å². The molecule has 1 aliphatic rings. The van der Waals surface area contributed by atoms with E-state index in [0.717, 1.165) is 66.2 Å². The fourth-order valence-electron chi connectivity index (χ4n) is 4.21. The fourth-order valence-corrected chi connectivity index (χ4v) is 4.21. The van der Waals surface area contributed by atoms with E-state index >= 15 is 0 Å². The summed E-state index contributed by atoms with van der Waals surface area (Å²) in [6.07, 6.45) is 1.87. The lowest BCUT2D eigenvalue weighted by molar-refractivity contribution is 0.148. The van der Waals surface area contributed by atoms with E-state index in [-0.39, 0.29) is 1.43 Å². The lowest BCUT2D eigenvalue weighted by Gasteiger charge is -2.32. The Morgan fingerprint density at radius 2 is 1.70 bits per heavy atom. The van der Waals surface area contributed by atoms with Crippen LogP contribution in [0, 0.1) is 0 Å². The van der Waals surface area contributed by atoms with Gasteiger partial charge in [-0.3, -0.25) is 4.90 Å². The minimum atomic E-state index is 0. The number of likely N-dealkylation sites (N-methyl/N-ethyl adjacent to an activating group) is 1. The van der Waals surface area contributed by atoms with Gasteiger partial charge in [0.05, 0.1) is 12.6 Å². The van der Waals surface area contributed by atoms with Crippen molar-refractivity contribution in [2.24, 2.45) is 0 Å². The monoisotopic (exact) mass is 441 g/mol. The molecule has 4 aromatic rings. The summed E-state index contributed by atoms with van der Waals surface area (Å²) in [5.74, 6) is 1.43. The first-order valence-electron chi connectivity index (χ1n) is 11.3. The SMILES string of the molecule is COc1ccc(-c2cccc3cnc(Nc4ccc(CN5CCN(C)CC5)cc4)nc23)cc1.[HH]. The Hall–Kier alpha value is -3.48. The van der Waals surface area contributed by atoms with Gasteiger partial charge in [0.2, 0.25) is 5.95 Å². The molecule has 6 heteroatoms. The molecule has 0 unspecified atom stereocenters. The number of hydrogen-bond acceptors (Lipinski definition) is 6. The van der Waals surface area contributed by atoms with E-state index in [4.69, 9.17) is 9.72 Å². The summed E-state index contributed by atoms with van der Waals surface area (Å²) in [5, 5.41) is 4.38. The van der Waals surface area contributed by atoms with Crippen LogP contribution in [-0.4, -0.2) is 60.1 Å². The zero-order valence-electron chi connectivity index (χ0n) is 19.2. The van der Waals surface area contributed by atoms with Gasteiger partial charge in [-0.1, -0.05) is 42.5 Å². The fraction of sp³-hybridized carbons (Fsp3) is 0.259. The lowest BCUT2D eigenvalue weighted by atomic mass is 10.0. The lowest BCUT2D eigenvalue weighted by Crippen LogP contribution is -2.43. The normalized spacial score (nSPS) is 15.0. The van der Waals surface area contributed by atoms with E-state index in [2.05, 4.69) is 69.6 Å². The first-order valence-corrected chi connectivity index (χ1v) is 11.3. The van der Waals surface area contributed by atoms with Gasteiger partial charge in [-0.15, -0.1) is 0 Å². The molecule has 0 spiro atoms. The number of para-hydroxylation sites is 1. The minimum Gasteiger partial charge on any atom is -0.497 e. The van der Waals surface area contributed by atoms with Crippen LogP contribution in [0.4, 0.5) is 11.6 Å². The second-order valence-corrected chi connectivity index (χ2v) is 8.57. The van der Waals surface area contributed by atoms with Crippen molar-refractivity contribution in [3.05, 3.63) is 78.5 Å². The molecule has 5 rings (SSSR count). The van der Waals surface area contributed by atoms with Crippen molar-refractivity contribution in [2.75, 3.05) is 45.7 Å². The average molecular weight is 442 g/mol. The Balaban J connectivity index is 0.00000274. The topological polar surface area (TPSA) is 53.5 Å². The van der Waals surface area contributed by atoms with E-state index in [1.54, 1.807) is 7.11 Å². The Kier molecular flexibility index (Phi) is 6.19. The predicted molar refractivity (Wildman–Crippen MR) is 136 cm³/mol. The van der Waals surface area contributed by atoms with Crippen LogP contribution in [0.2, 0.25) is 0 Å². The molecule has 0 saturated carbocycles. The quantitative estimate of drug-likeness (QED) is 0.452. The summed E-state index contributed by atoms with van der Waals surface area (Å²) in [7, 11) is 3.86. The maximum atomic E-state index is 5.29. The summed E-state index contributed by atoms with van der Waals surface area (Å²) < 4.78 is 5.29. The molecule has 1 fully saturated rings. The van der Waals surface area contributed by atoms with Gasteiger partial charge in [0.25, 0.3) is 0 Å². The molecule has 1 N–H and O–H groups in total. The number of hydrogen-bond donors (Lipinski definition) is 1. The molecule has 0 bridgehead atoms. The number of piperazine rings is 1. The zero-order valence-corrected chi connectivity index (χ0v) is 19.2. The molecule has 0 amide bonds. The summed E-state index contributed by atoms with van der Waals surface area (Å²) >= 11 is 0. The van der Waals surface area contributed by atoms with Crippen LogP contribution in [0.1, 0.15) is 6.99 Å². The van der Waals surface area contributed by atoms with Gasteiger partial charge in [-0.25, -0.2) is 9.97 Å². The highest BCUT2D eigenvalue weighted by Crippen LogP contribution is 2.29. The summed E-state index contributed by atoms with van der Waals surface area (Å²) in [4.78, 5) is 14.3. The van der Waals surface area contributed by atoms with E-state index < -0.39 is 0 Å². The molecule has 170 valence electrons. The molecule has 0 atom stereocenters. The number of aromatic nitrogens is 2. The Morgan fingerprint density at radius 3 is 2.42 bits per heavy atom. The van der Waals surface area contributed by atoms with E-state index in [9.17, 15) is 0 Å². The van der Waals surface area contributed by atoms with E-state index in [1.165, 1.54) is 5.56 Å². The smallest absolute Gasteiger partial charge is 0.227 e. The second kappa shape index (κ2) is 9.57. The third-order valence-electron chi connectivity index (χ3n) is 6.22. The van der Waals surface area contributed by atoms with Crippen LogP contribution in [0.25, 0.3) is 22.0 Å². The zero-order chi connectivity index (χ0) is 22.6. The van der Waals surface area contributed by atoms with Crippen LogP contribution >= 0.6 is 0 Å². The van der Waals surface area contributed by atoms with Gasteiger partial charge in [-0.05, 0) is 42.4 Å². The minimum absolute atomic E-state index is 0. The molecule has 1 saturated heterocycles. The van der Waals surface area contributed by atoms with Gasteiger partial charge >= 0.3 is 0 Å². The maximum Gasteiger partial charge on any atom is 0.227 e. The number of rotatable bonds is 6. The number of ether oxygens (including phenoxy) is 1. The second-order valence-electron chi connectivity index (χ2n) is 8.57. The summed E-state index contributed by atoms with van der Waals surface area (Å²) in [5.41, 5.74) is 5.40. The molecule has 1 aliphatic heterocycles. The van der Waals surface area contributed by atoms with Gasteiger partial charge in [0.15, 0.2) is 0 Å². The Morgan fingerprint density at radius 1 is 0.939 bits per heavy atom. The first kappa shape index (κ1) is 21.4. The Labute approximate surface area is 196 Å². The van der Waals surface area contributed by atoms with Crippen molar-refractivity contribution in [2.45, 2.75) is 6.54 Å². The average Bonchev–Trinajstić information content (AvgIpc) is 2.86. The van der Waals surface area contributed by atoms with Crippen molar-refractivity contribution in [3.63, 3.8) is 0 Å². The summed E-state index contributed by atoms with van der Waals surface area (Å²) in [6, 6.07) is 22.8. The third kappa shape index (κ3) is 4.97. The molecule has 3 aromatic carbocycles. The van der Waals surface area contributed by atoms with E-state index in [0.29, 0.717) is 5.95 Å². The standard InChI is InChI=1S/C27H29N5O.H2/c1-31-14-16-32(17-15-31)19-20-6-10-23(11-7-20)29-27-28-18-22-4-3-5-25(26(22)30-27)21-8-12-24(33-2)13-9-21;/h3-13,18H,14-17,19H2,1-2H3,(H,28,29,30);1H. The van der Waals surface area contributed by atoms with Gasteiger partial charge < -0.3 is 15.0 Å². The number of methoxy groups -OCH3 is 1. The maximum absolute atomic E-state index is 5.29. The highest BCUT2D eigenvalue weighted by molar-refractivity contribution is 5.93. The molecule has 2 heterocycles. The summed E-state index contributed by atoms with van der Waals surface area (Å²) in [6.45, 7) is 5.51. The number of fused-ring (bicyclic) bond motifs is 1. The van der Waals surface area contributed by atoms with Gasteiger partial charge in [0.1, 0.15) is 5.75 Å². The number of nitrogens with one attached hydrogen (secondary N) is 1. The van der Waals surface area contributed by atoms with Crippen LogP contribution in [-0.2, 0) is 6.54 Å². The highest BCUT2D eigenvalue weighted by atomic mass is 16.5. The van der Waals surface area contributed by atoms with Crippen molar-refractivity contribution >= 4 is 22.5 Å². The van der Waals surface area contributed by atoms with Crippen molar-refractivity contribution in [1.82, 2.24) is 19.8 Å². The molecular weight excluding hydrogens is 410 g/mol. The predicted octanol–water partition coefficient (Wildman–Crippen LogP) is 5.04. The van der Waals surface area contributed by atoms with Crippen molar-refractivity contribution < 1.29 is 6.16 Å². The number of anilines is 2. The van der Waals surface area contributed by atoms with Crippen LogP contribution < -0.4 is 10.1 Å². The highest BCUT2D eigenvalue weighted by Gasteiger charge is 2.14. The van der Waals surface area contributed by atoms with E-state index in [1.807, 2.05) is 30.5 Å². The van der Waals surface area contributed by atoms with Gasteiger partial charge in [-0.2, -0.15) is 0 Å². The van der Waals surface area contributed by atoms with Gasteiger partial charge in [0, 0.05) is 57.0 Å².